The fraction of sp³-hybridized carbons (Fsp3) is 1.00. The summed E-state index contributed by atoms with van der Waals surface area (Å²) < 4.78 is 0. The van der Waals surface area contributed by atoms with E-state index in [2.05, 4.69) is 0 Å². The van der Waals surface area contributed by atoms with Gasteiger partial charge in [0, 0.05) is 23.9 Å². The van der Waals surface area contributed by atoms with Gasteiger partial charge in [0.05, 0.1) is 0 Å². The van der Waals surface area contributed by atoms with Gasteiger partial charge in [-0.25, -0.2) is 0 Å². The Labute approximate surface area is 51.8 Å². The fourth-order valence-corrected chi connectivity index (χ4v) is 0. The number of aliphatic hydroxyl groups is 1. The Morgan fingerprint density at radius 3 is 0.714 bits per heavy atom. The monoisotopic (exact) mass is 163 g/mol. The van der Waals surface area contributed by atoms with E-state index in [0.717, 1.165) is 7.11 Å². The van der Waals surface area contributed by atoms with Gasteiger partial charge in [-0.2, -0.15) is 0 Å². The molecule has 0 aliphatic heterocycles. The SMILES string of the molecule is CO.O.O.O.O.[Co]. The van der Waals surface area contributed by atoms with Crippen molar-refractivity contribution in [1.29, 1.82) is 0 Å². The molecule has 0 saturated carbocycles. The third-order valence-electron chi connectivity index (χ3n) is 0. The molecule has 0 heterocycles. The Kier molecular flexibility index (Phi) is 46000. The zero-order valence-corrected chi connectivity index (χ0v) is 4.82. The van der Waals surface area contributed by atoms with Crippen molar-refractivity contribution in [2.75, 3.05) is 7.11 Å². The Hall–Kier alpha value is 0.306. The first-order chi connectivity index (χ1) is 1.00. The quantitative estimate of drug-likeness (QED) is 0.384. The molecule has 0 aromatic carbocycles. The first-order valence-electron chi connectivity index (χ1n) is 0.447. The van der Waals surface area contributed by atoms with Crippen LogP contribution in [0.3, 0.4) is 0 Å². The standard InChI is InChI=1S/CH4O.Co.4H2O/c1-2;;;;;/h2H,1H3;;4*1H2. The number of rotatable bonds is 0. The van der Waals surface area contributed by atoms with E-state index in [1.165, 1.54) is 0 Å². The third kappa shape index (κ3) is 1250. The molecule has 0 aromatic heterocycles. The summed E-state index contributed by atoms with van der Waals surface area (Å²) in [6.07, 6.45) is 0. The van der Waals surface area contributed by atoms with Crippen molar-refractivity contribution >= 4 is 0 Å². The summed E-state index contributed by atoms with van der Waals surface area (Å²) in [5, 5.41) is 7.00. The Morgan fingerprint density at radius 2 is 0.714 bits per heavy atom. The molecule has 0 aliphatic rings. The molecule has 1 radical (unpaired) electrons. The van der Waals surface area contributed by atoms with E-state index in [4.69, 9.17) is 5.11 Å². The minimum atomic E-state index is 0. The van der Waals surface area contributed by atoms with Crippen LogP contribution in [0.1, 0.15) is 0 Å². The fourth-order valence-electron chi connectivity index (χ4n) is 0. The molecule has 0 amide bonds. The summed E-state index contributed by atoms with van der Waals surface area (Å²) >= 11 is 0. The van der Waals surface area contributed by atoms with Gasteiger partial charge in [-0.3, -0.25) is 0 Å². The minimum absolute atomic E-state index is 0. The first kappa shape index (κ1) is 170. The molecule has 9 N–H and O–H groups in total. The van der Waals surface area contributed by atoms with Crippen LogP contribution in [-0.2, 0) is 16.8 Å². The van der Waals surface area contributed by atoms with E-state index in [0.29, 0.717) is 0 Å². The molecule has 0 saturated heterocycles. The molecule has 7 heavy (non-hydrogen) atoms. The van der Waals surface area contributed by atoms with Crippen LogP contribution in [0, 0.1) is 0 Å². The topological polar surface area (TPSA) is 146 Å². The average molecular weight is 163 g/mol. The van der Waals surface area contributed by atoms with E-state index >= 15 is 0 Å². The van der Waals surface area contributed by atoms with Gasteiger partial charge in [0.1, 0.15) is 0 Å². The maximum atomic E-state index is 7.00. The molecular formula is CH12CoO5. The number of aliphatic hydroxyl groups excluding tert-OH is 1. The molecule has 55 valence electrons. The Bertz CT molecular complexity index is 8.04. The molecule has 0 spiro atoms. The van der Waals surface area contributed by atoms with Gasteiger partial charge < -0.3 is 27.0 Å². The Balaban J connectivity index is -0.000000000500. The normalized spacial score (nSPS) is 0.857. The van der Waals surface area contributed by atoms with Gasteiger partial charge in [0.15, 0.2) is 0 Å². The van der Waals surface area contributed by atoms with Crippen LogP contribution < -0.4 is 0 Å². The van der Waals surface area contributed by atoms with Gasteiger partial charge in [0.25, 0.3) is 0 Å². The van der Waals surface area contributed by atoms with E-state index in [1.807, 2.05) is 0 Å². The van der Waals surface area contributed by atoms with Crippen LogP contribution in [0.4, 0.5) is 0 Å². The summed E-state index contributed by atoms with van der Waals surface area (Å²) in [6.45, 7) is 0. The van der Waals surface area contributed by atoms with E-state index in [-0.39, 0.29) is 38.7 Å². The summed E-state index contributed by atoms with van der Waals surface area (Å²) in [5.41, 5.74) is 0. The van der Waals surface area contributed by atoms with Gasteiger partial charge in [-0.05, 0) is 0 Å². The second-order valence-electron chi connectivity index (χ2n) is 0. The molecule has 0 aromatic rings. The summed E-state index contributed by atoms with van der Waals surface area (Å²) in [6, 6.07) is 0. The predicted octanol–water partition coefficient (Wildman–Crippen LogP) is -3.69. The van der Waals surface area contributed by atoms with Crippen molar-refractivity contribution in [1.82, 2.24) is 0 Å². The molecule has 0 bridgehead atoms. The van der Waals surface area contributed by atoms with Crippen molar-refractivity contribution in [3.63, 3.8) is 0 Å². The van der Waals surface area contributed by atoms with E-state index in [1.54, 1.807) is 0 Å². The first-order valence-corrected chi connectivity index (χ1v) is 0.447. The number of hydrogen-bond acceptors (Lipinski definition) is 1. The van der Waals surface area contributed by atoms with Crippen molar-refractivity contribution in [3.8, 4) is 0 Å². The smallest absolute Gasteiger partial charge is 0.0319 e. The van der Waals surface area contributed by atoms with Crippen LogP contribution in [-0.4, -0.2) is 34.1 Å². The molecule has 0 rings (SSSR count). The summed E-state index contributed by atoms with van der Waals surface area (Å²) in [7, 11) is 1.00. The van der Waals surface area contributed by atoms with Gasteiger partial charge >= 0.3 is 0 Å². The van der Waals surface area contributed by atoms with Crippen molar-refractivity contribution < 1.29 is 43.8 Å². The van der Waals surface area contributed by atoms with Gasteiger partial charge in [-0.1, -0.05) is 0 Å². The second-order valence-corrected chi connectivity index (χ2v) is 0. The largest absolute Gasteiger partial charge is 0.412 e. The molecular weight excluding hydrogens is 151 g/mol. The van der Waals surface area contributed by atoms with E-state index < -0.39 is 0 Å². The molecule has 0 fully saturated rings. The summed E-state index contributed by atoms with van der Waals surface area (Å²) in [4.78, 5) is 0. The second kappa shape index (κ2) is 1890. The average Bonchev–Trinajstić information content (AvgIpc) is 1.00. The zero-order chi connectivity index (χ0) is 2.00. The molecule has 6 heteroatoms. The van der Waals surface area contributed by atoms with Crippen LogP contribution in [0.5, 0.6) is 0 Å². The van der Waals surface area contributed by atoms with Crippen LogP contribution in [0.25, 0.3) is 0 Å². The van der Waals surface area contributed by atoms with Crippen LogP contribution >= 0.6 is 0 Å². The maximum Gasteiger partial charge on any atom is 0.0319 e. The summed E-state index contributed by atoms with van der Waals surface area (Å²) in [5.74, 6) is 0. The van der Waals surface area contributed by atoms with E-state index in [9.17, 15) is 0 Å². The number of hydrogen-bond donors (Lipinski definition) is 1. The van der Waals surface area contributed by atoms with Crippen molar-refractivity contribution in [2.45, 2.75) is 0 Å². The predicted molar refractivity (Wildman–Crippen MR) is 22.6 cm³/mol. The van der Waals surface area contributed by atoms with Crippen LogP contribution in [0.15, 0.2) is 0 Å². The molecule has 0 atom stereocenters. The zero-order valence-electron chi connectivity index (χ0n) is 3.78. The van der Waals surface area contributed by atoms with Gasteiger partial charge in [-0.15, -0.1) is 0 Å². The Morgan fingerprint density at radius 1 is 0.714 bits per heavy atom. The van der Waals surface area contributed by atoms with Crippen molar-refractivity contribution in [3.05, 3.63) is 0 Å². The maximum absolute atomic E-state index is 7.00. The minimum Gasteiger partial charge on any atom is -0.412 e. The molecule has 0 unspecified atom stereocenters. The van der Waals surface area contributed by atoms with Crippen LogP contribution in [0.2, 0.25) is 0 Å². The van der Waals surface area contributed by atoms with Gasteiger partial charge in [0.2, 0.25) is 0 Å². The molecule has 5 nitrogen and oxygen atoms in total. The molecule has 0 aliphatic carbocycles. The third-order valence-corrected chi connectivity index (χ3v) is 0. The van der Waals surface area contributed by atoms with Crippen molar-refractivity contribution in [2.24, 2.45) is 0 Å².